The second-order valence-electron chi connectivity index (χ2n) is 11.1. The Labute approximate surface area is 233 Å². The van der Waals surface area contributed by atoms with Gasteiger partial charge in [-0.3, -0.25) is 0 Å². The Balaban J connectivity index is 1.47. The molecule has 0 aliphatic heterocycles. The van der Waals surface area contributed by atoms with Crippen LogP contribution in [0.5, 0.6) is 0 Å². The van der Waals surface area contributed by atoms with Gasteiger partial charge in [0.15, 0.2) is 17.5 Å². The lowest BCUT2D eigenvalue weighted by molar-refractivity contribution is 1.06. The molecule has 3 nitrogen and oxygen atoms in total. The van der Waals surface area contributed by atoms with Crippen LogP contribution < -0.4 is 0 Å². The van der Waals surface area contributed by atoms with Crippen LogP contribution in [-0.2, 0) is 0 Å². The van der Waals surface area contributed by atoms with Gasteiger partial charge in [-0.2, -0.15) is 0 Å². The molecule has 40 heavy (non-hydrogen) atoms. The Hall–Kier alpha value is -4.89. The van der Waals surface area contributed by atoms with Gasteiger partial charge in [0.25, 0.3) is 0 Å². The van der Waals surface area contributed by atoms with Gasteiger partial charge in [0.05, 0.1) is 0 Å². The monoisotopic (exact) mass is 513 g/mol. The molecule has 0 N–H and O–H groups in total. The molecule has 0 fully saturated rings. The van der Waals surface area contributed by atoms with Gasteiger partial charge in [0.2, 0.25) is 0 Å². The highest BCUT2D eigenvalue weighted by molar-refractivity contribution is 6.34. The molecule has 0 unspecified atom stereocenters. The second-order valence-corrected chi connectivity index (χ2v) is 11.1. The summed E-state index contributed by atoms with van der Waals surface area (Å²) in [5.41, 5.74) is 10.4. The number of nitrogens with zero attached hydrogens (tertiary/aromatic N) is 3. The average molecular weight is 514 g/mol. The Bertz CT molecular complexity index is 2100. The summed E-state index contributed by atoms with van der Waals surface area (Å²) in [6, 6.07) is 32.7. The van der Waals surface area contributed by atoms with Crippen LogP contribution in [0.15, 0.2) is 91.0 Å². The molecule has 6 aromatic carbocycles. The van der Waals surface area contributed by atoms with Crippen molar-refractivity contribution >= 4 is 32.3 Å². The quantitative estimate of drug-likeness (QED) is 0.221. The number of hydrogen-bond acceptors (Lipinski definition) is 3. The zero-order valence-corrected chi connectivity index (χ0v) is 23.0. The molecule has 0 bridgehead atoms. The summed E-state index contributed by atoms with van der Waals surface area (Å²) in [7, 11) is 0. The van der Waals surface area contributed by atoms with E-state index in [2.05, 4.69) is 119 Å². The Morgan fingerprint density at radius 2 is 0.850 bits per heavy atom. The summed E-state index contributed by atoms with van der Waals surface area (Å²) in [6.45, 7) is 8.52. The van der Waals surface area contributed by atoms with E-state index in [9.17, 15) is 0 Å². The first-order valence-corrected chi connectivity index (χ1v) is 13.8. The molecule has 0 saturated heterocycles. The maximum Gasteiger partial charge on any atom is 0.164 e. The van der Waals surface area contributed by atoms with Gasteiger partial charge < -0.3 is 0 Å². The minimum Gasteiger partial charge on any atom is -0.208 e. The van der Waals surface area contributed by atoms with Crippen LogP contribution in [0.2, 0.25) is 0 Å². The fraction of sp³-hybridized carbons (Fsp3) is 0.108. The predicted molar refractivity (Wildman–Crippen MR) is 167 cm³/mol. The van der Waals surface area contributed by atoms with Crippen molar-refractivity contribution in [2.75, 3.05) is 0 Å². The van der Waals surface area contributed by atoms with Crippen molar-refractivity contribution in [3.63, 3.8) is 0 Å². The maximum absolute atomic E-state index is 5.18. The third-order valence-electron chi connectivity index (χ3n) is 8.58. The van der Waals surface area contributed by atoms with Crippen molar-refractivity contribution in [1.29, 1.82) is 0 Å². The van der Waals surface area contributed by atoms with Crippen LogP contribution in [0.3, 0.4) is 0 Å². The van der Waals surface area contributed by atoms with Crippen LogP contribution in [0.1, 0.15) is 22.3 Å². The van der Waals surface area contributed by atoms with E-state index in [1.807, 2.05) is 0 Å². The van der Waals surface area contributed by atoms with Crippen LogP contribution in [0.4, 0.5) is 0 Å². The molecule has 0 spiro atoms. The molecule has 0 amide bonds. The van der Waals surface area contributed by atoms with Crippen molar-refractivity contribution in [3.05, 3.63) is 113 Å². The first-order valence-electron chi connectivity index (χ1n) is 13.8. The van der Waals surface area contributed by atoms with Crippen LogP contribution in [-0.4, -0.2) is 15.0 Å². The number of rotatable bonds is 3. The van der Waals surface area contributed by atoms with E-state index in [0.29, 0.717) is 5.82 Å². The first kappa shape index (κ1) is 23.0. The number of aryl methyl sites for hydroxylation is 4. The van der Waals surface area contributed by atoms with Gasteiger partial charge in [-0.1, -0.05) is 84.9 Å². The fourth-order valence-corrected chi connectivity index (χ4v) is 6.74. The van der Waals surface area contributed by atoms with Gasteiger partial charge in [0, 0.05) is 16.7 Å². The maximum atomic E-state index is 5.18. The summed E-state index contributed by atoms with van der Waals surface area (Å²) in [5.74, 6) is 2.15. The summed E-state index contributed by atoms with van der Waals surface area (Å²) >= 11 is 0. The zero-order chi connectivity index (χ0) is 27.1. The molecule has 190 valence electrons. The van der Waals surface area contributed by atoms with Crippen LogP contribution >= 0.6 is 0 Å². The lowest BCUT2D eigenvalue weighted by Gasteiger charge is -2.15. The minimum absolute atomic E-state index is 0.708. The van der Waals surface area contributed by atoms with Crippen molar-refractivity contribution in [2.45, 2.75) is 27.7 Å². The van der Waals surface area contributed by atoms with Gasteiger partial charge in [-0.05, 0) is 99.5 Å². The normalized spacial score (nSPS) is 12.0. The lowest BCUT2D eigenvalue weighted by Crippen LogP contribution is -2.04. The van der Waals surface area contributed by atoms with Crippen molar-refractivity contribution in [1.82, 2.24) is 15.0 Å². The van der Waals surface area contributed by atoms with Gasteiger partial charge in [-0.25, -0.2) is 15.0 Å². The second kappa shape index (κ2) is 8.30. The summed E-state index contributed by atoms with van der Waals surface area (Å²) in [5, 5.41) is 7.71. The lowest BCUT2D eigenvalue weighted by atomic mass is 9.96. The molecule has 8 rings (SSSR count). The third kappa shape index (κ3) is 3.15. The van der Waals surface area contributed by atoms with E-state index in [-0.39, 0.29) is 0 Å². The molecular weight excluding hydrogens is 486 g/mol. The van der Waals surface area contributed by atoms with Gasteiger partial charge >= 0.3 is 0 Å². The zero-order valence-electron chi connectivity index (χ0n) is 23.0. The first-order chi connectivity index (χ1) is 19.5. The smallest absolute Gasteiger partial charge is 0.164 e. The van der Waals surface area contributed by atoms with E-state index >= 15 is 0 Å². The van der Waals surface area contributed by atoms with Crippen LogP contribution in [0.25, 0.3) is 77.6 Å². The standard InChI is InChI=1S/C37H27N3/c1-20-8-5-9-21(2)30(20)36-38-35(39-37(40-36)31-22(3)10-6-11-23(31)4)29-19-18-27-26-13-7-12-24-14-15-25-16-17-28(29)34(27)33(25)32(24)26/h5-19H,1-4H3. The Morgan fingerprint density at radius 3 is 1.48 bits per heavy atom. The number of aromatic nitrogens is 3. The molecule has 1 aromatic heterocycles. The van der Waals surface area contributed by atoms with E-state index < -0.39 is 0 Å². The van der Waals surface area contributed by atoms with E-state index in [1.54, 1.807) is 0 Å². The highest BCUT2D eigenvalue weighted by atomic mass is 15.0. The Kier molecular flexibility index (Phi) is 4.78. The third-order valence-corrected chi connectivity index (χ3v) is 8.58. The minimum atomic E-state index is 0.708. The number of benzene rings is 6. The molecule has 0 saturated carbocycles. The topological polar surface area (TPSA) is 38.7 Å². The number of hydrogen-bond donors (Lipinski definition) is 0. The van der Waals surface area contributed by atoms with Crippen molar-refractivity contribution in [3.8, 4) is 45.3 Å². The fourth-order valence-electron chi connectivity index (χ4n) is 6.74. The molecule has 0 radical (unpaired) electrons. The van der Waals surface area contributed by atoms with E-state index in [0.717, 1.165) is 50.6 Å². The highest BCUT2D eigenvalue weighted by Crippen LogP contribution is 2.49. The van der Waals surface area contributed by atoms with E-state index in [1.165, 1.54) is 43.4 Å². The van der Waals surface area contributed by atoms with Crippen molar-refractivity contribution < 1.29 is 0 Å². The molecule has 0 atom stereocenters. The summed E-state index contributed by atoms with van der Waals surface area (Å²) in [4.78, 5) is 15.5. The Morgan fingerprint density at radius 1 is 0.375 bits per heavy atom. The van der Waals surface area contributed by atoms with Gasteiger partial charge in [-0.15, -0.1) is 0 Å². The highest BCUT2D eigenvalue weighted by Gasteiger charge is 2.24. The van der Waals surface area contributed by atoms with Crippen LogP contribution in [0, 0.1) is 27.7 Å². The molecular formula is C37H27N3. The summed E-state index contributed by atoms with van der Waals surface area (Å²) < 4.78 is 0. The molecule has 1 aliphatic rings. The van der Waals surface area contributed by atoms with Gasteiger partial charge in [0.1, 0.15) is 0 Å². The SMILES string of the molecule is Cc1cccc(C)c1-c1nc(-c2c(C)cccc2C)nc(-c2ccc3c4c2ccc2ccc5cccc-3c5c24)n1. The van der Waals surface area contributed by atoms with Crippen molar-refractivity contribution in [2.24, 2.45) is 0 Å². The molecule has 3 heteroatoms. The van der Waals surface area contributed by atoms with E-state index in [4.69, 9.17) is 15.0 Å². The molecule has 1 aliphatic carbocycles. The summed E-state index contributed by atoms with van der Waals surface area (Å²) in [6.07, 6.45) is 0. The predicted octanol–water partition coefficient (Wildman–Crippen LogP) is 9.55. The average Bonchev–Trinajstić information content (AvgIpc) is 3.30. The molecule has 1 heterocycles. The largest absolute Gasteiger partial charge is 0.208 e. The molecule has 7 aromatic rings. The number of fused-ring (bicyclic) bond motifs is 1.